The third-order valence-electron chi connectivity index (χ3n) is 7.88. The highest BCUT2D eigenvalue weighted by atomic mass is 32.2. The topological polar surface area (TPSA) is 119 Å². The lowest BCUT2D eigenvalue weighted by atomic mass is 9.76. The Hall–Kier alpha value is -0.380. The first-order valence-corrected chi connectivity index (χ1v) is 13.8. The molecule has 0 spiro atoms. The molecule has 2 saturated carbocycles. The Balaban J connectivity index is 1.56. The number of aliphatic hydroxyl groups excluding tert-OH is 4. The lowest BCUT2D eigenvalue weighted by molar-refractivity contribution is -0.211. The van der Waals surface area contributed by atoms with Gasteiger partial charge in [0.1, 0.15) is 29.9 Å². The summed E-state index contributed by atoms with van der Waals surface area (Å²) in [5, 5.41) is 44.1. The average Bonchev–Trinajstić information content (AvgIpc) is 2.81. The Kier molecular flexibility index (Phi) is 10.1. The molecule has 5 N–H and O–H groups in total. The van der Waals surface area contributed by atoms with E-state index in [1.807, 2.05) is 0 Å². The second kappa shape index (κ2) is 12.4. The van der Waals surface area contributed by atoms with Gasteiger partial charge in [-0.15, -0.1) is 11.8 Å². The van der Waals surface area contributed by atoms with Gasteiger partial charge in [0.2, 0.25) is 5.91 Å². The van der Waals surface area contributed by atoms with E-state index in [4.69, 9.17) is 4.74 Å². The summed E-state index contributed by atoms with van der Waals surface area (Å²) in [4.78, 5) is 13.1. The van der Waals surface area contributed by atoms with E-state index < -0.39 is 42.0 Å². The fourth-order valence-electron chi connectivity index (χ4n) is 5.86. The molecule has 8 heteroatoms. The van der Waals surface area contributed by atoms with E-state index in [1.165, 1.54) is 63.1 Å². The average molecular weight is 474 g/mol. The van der Waals surface area contributed by atoms with Gasteiger partial charge in [-0.05, 0) is 37.9 Å². The maximum Gasteiger partial charge on any atom is 0.223 e. The molecule has 7 nitrogen and oxygen atoms in total. The molecule has 0 aromatic carbocycles. The highest BCUT2D eigenvalue weighted by Gasteiger charge is 2.48. The zero-order valence-corrected chi connectivity index (χ0v) is 20.4. The summed E-state index contributed by atoms with van der Waals surface area (Å²) in [5.74, 6) is 1.21. The van der Waals surface area contributed by atoms with Gasteiger partial charge >= 0.3 is 0 Å². The van der Waals surface area contributed by atoms with Gasteiger partial charge in [-0.1, -0.05) is 57.8 Å². The first-order valence-electron chi connectivity index (χ1n) is 12.5. The molecule has 32 heavy (non-hydrogen) atoms. The molecule has 3 rings (SSSR count). The monoisotopic (exact) mass is 473 g/mol. The van der Waals surface area contributed by atoms with E-state index in [0.29, 0.717) is 5.92 Å². The number of nitrogens with one attached hydrogen (secondary N) is 1. The van der Waals surface area contributed by atoms with Gasteiger partial charge in [-0.3, -0.25) is 4.79 Å². The minimum atomic E-state index is -1.40. The third-order valence-corrected chi connectivity index (χ3v) is 8.74. The Morgan fingerprint density at radius 2 is 1.62 bits per heavy atom. The van der Waals surface area contributed by atoms with E-state index in [1.54, 1.807) is 13.2 Å². The Morgan fingerprint density at radius 1 is 0.969 bits per heavy atom. The van der Waals surface area contributed by atoms with Gasteiger partial charge in [0.25, 0.3) is 0 Å². The maximum atomic E-state index is 13.1. The van der Waals surface area contributed by atoms with Crippen molar-refractivity contribution in [3.63, 3.8) is 0 Å². The number of hydrogen-bond donors (Lipinski definition) is 5. The molecule has 1 saturated heterocycles. The van der Waals surface area contributed by atoms with E-state index in [9.17, 15) is 25.2 Å². The molecule has 0 radical (unpaired) electrons. The normalized spacial score (nSPS) is 38.8. The van der Waals surface area contributed by atoms with Crippen molar-refractivity contribution in [2.75, 3.05) is 6.26 Å². The van der Waals surface area contributed by atoms with Crippen molar-refractivity contribution in [3.8, 4) is 0 Å². The second-order valence-corrected chi connectivity index (χ2v) is 11.2. The quantitative estimate of drug-likeness (QED) is 0.367. The van der Waals surface area contributed by atoms with Crippen LogP contribution >= 0.6 is 11.8 Å². The van der Waals surface area contributed by atoms with Crippen LogP contribution in [0.4, 0.5) is 0 Å². The molecular weight excluding hydrogens is 430 g/mol. The first kappa shape index (κ1) is 26.2. The fraction of sp³-hybridized carbons (Fsp3) is 0.958. The minimum absolute atomic E-state index is 0.103. The molecule has 3 aliphatic rings. The van der Waals surface area contributed by atoms with Crippen LogP contribution in [0.5, 0.6) is 0 Å². The van der Waals surface area contributed by atoms with E-state index >= 15 is 0 Å². The van der Waals surface area contributed by atoms with Crippen LogP contribution in [0.25, 0.3) is 0 Å². The molecule has 1 aliphatic heterocycles. The molecule has 3 fully saturated rings. The standard InChI is InChI=1S/C24H43NO6S/c1-14(26)18(22-20(28)19(27)21(29)24(31-22)32-2)25-23(30)17-10-6-9-16(13-17)12-11-15-7-4-3-5-8-15/h14-22,24,26-29H,3-13H2,1-2H3,(H,25,30)/t14-,16?,17?,18-,19+,20-,21-,22-,24-/m1/s1. The lowest BCUT2D eigenvalue weighted by Gasteiger charge is -2.44. The molecular formula is C24H43NO6S. The molecule has 1 amide bonds. The molecule has 9 atom stereocenters. The molecule has 1 heterocycles. The summed E-state index contributed by atoms with van der Waals surface area (Å²) < 4.78 is 5.80. The largest absolute Gasteiger partial charge is 0.391 e. The number of amides is 1. The van der Waals surface area contributed by atoms with E-state index in [-0.39, 0.29) is 11.8 Å². The van der Waals surface area contributed by atoms with E-state index in [2.05, 4.69) is 5.32 Å². The van der Waals surface area contributed by atoms with E-state index in [0.717, 1.165) is 25.2 Å². The summed E-state index contributed by atoms with van der Waals surface area (Å²) in [5.41, 5.74) is -0.740. The van der Waals surface area contributed by atoms with Crippen molar-refractivity contribution in [2.24, 2.45) is 17.8 Å². The molecule has 186 valence electrons. The maximum absolute atomic E-state index is 13.1. The zero-order chi connectivity index (χ0) is 23.3. The fourth-order valence-corrected chi connectivity index (χ4v) is 6.54. The number of carbonyl (C=O) groups excluding carboxylic acids is 1. The summed E-state index contributed by atoms with van der Waals surface area (Å²) in [6.07, 6.45) is 8.92. The van der Waals surface area contributed by atoms with Gasteiger partial charge in [-0.2, -0.15) is 0 Å². The number of rotatable bonds is 8. The van der Waals surface area contributed by atoms with Crippen molar-refractivity contribution in [1.82, 2.24) is 5.32 Å². The molecule has 2 unspecified atom stereocenters. The number of aliphatic hydroxyl groups is 4. The molecule has 0 aromatic rings. The van der Waals surface area contributed by atoms with Crippen LogP contribution in [0.3, 0.4) is 0 Å². The van der Waals surface area contributed by atoms with Crippen molar-refractivity contribution in [3.05, 3.63) is 0 Å². The first-order chi connectivity index (χ1) is 15.3. The third kappa shape index (κ3) is 6.60. The van der Waals surface area contributed by atoms with Crippen molar-refractivity contribution in [1.29, 1.82) is 0 Å². The van der Waals surface area contributed by atoms with Crippen molar-refractivity contribution >= 4 is 17.7 Å². The summed E-state index contributed by atoms with van der Waals surface area (Å²) in [6, 6.07) is -0.864. The van der Waals surface area contributed by atoms with Crippen LogP contribution in [0.2, 0.25) is 0 Å². The van der Waals surface area contributed by atoms with Crippen molar-refractivity contribution < 1.29 is 30.0 Å². The van der Waals surface area contributed by atoms with Gasteiger partial charge in [0.05, 0.1) is 12.1 Å². The SMILES string of the molecule is CS[C@H]1O[C@H]([C@H](NC(=O)C2CCCC(CCC3CCCCC3)C2)[C@@H](C)O)[C@H](O)[C@H](O)[C@H]1O. The van der Waals surface area contributed by atoms with Crippen LogP contribution in [0.15, 0.2) is 0 Å². The molecule has 0 bridgehead atoms. The zero-order valence-electron chi connectivity index (χ0n) is 19.6. The van der Waals surface area contributed by atoms with Gasteiger partial charge in [0.15, 0.2) is 0 Å². The van der Waals surface area contributed by atoms with Gasteiger partial charge in [0, 0.05) is 5.92 Å². The van der Waals surface area contributed by atoms with Crippen LogP contribution < -0.4 is 5.32 Å². The Labute approximate surface area is 196 Å². The smallest absolute Gasteiger partial charge is 0.223 e. The predicted octanol–water partition coefficient (Wildman–Crippen LogP) is 2.19. The van der Waals surface area contributed by atoms with Crippen LogP contribution in [-0.2, 0) is 9.53 Å². The van der Waals surface area contributed by atoms with Crippen LogP contribution in [0.1, 0.15) is 77.6 Å². The van der Waals surface area contributed by atoms with Crippen LogP contribution in [-0.4, -0.2) is 74.6 Å². The van der Waals surface area contributed by atoms with Crippen LogP contribution in [0, 0.1) is 17.8 Å². The summed E-state index contributed by atoms with van der Waals surface area (Å²) in [6.45, 7) is 1.54. The van der Waals surface area contributed by atoms with Gasteiger partial charge in [-0.25, -0.2) is 0 Å². The van der Waals surface area contributed by atoms with Crippen molar-refractivity contribution in [2.45, 2.75) is 120 Å². The molecule has 0 aromatic heterocycles. The molecule has 2 aliphatic carbocycles. The minimum Gasteiger partial charge on any atom is -0.391 e. The number of thioether (sulfide) groups is 1. The highest BCUT2D eigenvalue weighted by Crippen LogP contribution is 2.36. The Morgan fingerprint density at radius 3 is 2.28 bits per heavy atom. The predicted molar refractivity (Wildman–Crippen MR) is 125 cm³/mol. The van der Waals surface area contributed by atoms with Gasteiger partial charge < -0.3 is 30.5 Å². The second-order valence-electron chi connectivity index (χ2n) is 10.3. The number of carbonyl (C=O) groups is 1. The summed E-state index contributed by atoms with van der Waals surface area (Å²) in [7, 11) is 0. The number of ether oxygens (including phenoxy) is 1. The highest BCUT2D eigenvalue weighted by molar-refractivity contribution is 7.99. The lowest BCUT2D eigenvalue weighted by Crippen LogP contribution is -2.65. The summed E-state index contributed by atoms with van der Waals surface area (Å²) >= 11 is 1.22. The Bertz CT molecular complexity index is 585. The number of hydrogen-bond acceptors (Lipinski definition) is 7.